The molecule has 1 aliphatic rings. The van der Waals surface area contributed by atoms with E-state index in [2.05, 4.69) is 6.07 Å². The Hall–Kier alpha value is -1.15. The fraction of sp³-hybridized carbons (Fsp3) is 0.333. The van der Waals surface area contributed by atoms with E-state index in [9.17, 15) is 0 Å². The van der Waals surface area contributed by atoms with Crippen LogP contribution in [0.4, 0.5) is 5.69 Å². The largest absolute Gasteiger partial charge is 1.00 e. The summed E-state index contributed by atoms with van der Waals surface area (Å²) in [7, 11) is 0. The fourth-order valence-corrected chi connectivity index (χ4v) is 2.30. The first-order chi connectivity index (χ1) is 6.86. The smallest absolute Gasteiger partial charge is 0.157 e. The van der Waals surface area contributed by atoms with Crippen LogP contribution in [0.3, 0.4) is 0 Å². The second-order valence-electron chi connectivity index (χ2n) is 3.93. The lowest BCUT2D eigenvalue weighted by atomic mass is 9.96. The molecule has 1 aromatic heterocycles. The number of nitrogens with two attached hydrogens (primary N) is 1. The van der Waals surface area contributed by atoms with E-state index >= 15 is 0 Å². The number of halogens is 1. The van der Waals surface area contributed by atoms with Gasteiger partial charge in [0.1, 0.15) is 5.76 Å². The summed E-state index contributed by atoms with van der Waals surface area (Å²) in [5.74, 6) is 1.16. The van der Waals surface area contributed by atoms with Crippen LogP contribution in [0.2, 0.25) is 0 Å². The van der Waals surface area contributed by atoms with Crippen LogP contribution in [0.1, 0.15) is 24.2 Å². The normalized spacial score (nSPS) is 14.7. The number of hydrogen-bond acceptors (Lipinski definition) is 2. The highest BCUT2D eigenvalue weighted by Crippen LogP contribution is 2.34. The first kappa shape index (κ1) is 10.4. The van der Waals surface area contributed by atoms with Crippen molar-refractivity contribution in [3.63, 3.8) is 0 Å². The topological polar surface area (TPSA) is 39.2 Å². The van der Waals surface area contributed by atoms with Gasteiger partial charge in [0.25, 0.3) is 0 Å². The van der Waals surface area contributed by atoms with E-state index in [4.69, 9.17) is 10.2 Å². The molecular weight excluding hydrogens is 210 g/mol. The predicted octanol–water partition coefficient (Wildman–Crippen LogP) is -0.102. The van der Waals surface area contributed by atoms with Crippen molar-refractivity contribution < 1.29 is 16.8 Å². The number of furan rings is 1. The highest BCUT2D eigenvalue weighted by atomic mass is 35.5. The molecule has 1 heterocycles. The molecule has 3 heteroatoms. The van der Waals surface area contributed by atoms with Gasteiger partial charge in [-0.3, -0.25) is 0 Å². The lowest BCUT2D eigenvalue weighted by Gasteiger charge is -2.08. The van der Waals surface area contributed by atoms with Crippen molar-refractivity contribution in [3.05, 3.63) is 29.5 Å². The van der Waals surface area contributed by atoms with Gasteiger partial charge in [0.15, 0.2) is 5.58 Å². The molecule has 0 fully saturated rings. The van der Waals surface area contributed by atoms with E-state index < -0.39 is 0 Å². The van der Waals surface area contributed by atoms with Crippen LogP contribution in [-0.2, 0) is 12.8 Å². The number of aryl methyl sites for hydroxylation is 2. The van der Waals surface area contributed by atoms with E-state index in [-0.39, 0.29) is 12.4 Å². The van der Waals surface area contributed by atoms with Gasteiger partial charge < -0.3 is 22.6 Å². The molecule has 2 aromatic rings. The molecule has 0 spiro atoms. The maximum absolute atomic E-state index is 5.87. The minimum Gasteiger partial charge on any atom is -1.00 e. The van der Waals surface area contributed by atoms with Crippen molar-refractivity contribution in [2.45, 2.75) is 25.7 Å². The molecule has 0 saturated carbocycles. The Morgan fingerprint density at radius 1 is 1.13 bits per heavy atom. The van der Waals surface area contributed by atoms with E-state index in [0.29, 0.717) is 0 Å². The molecule has 80 valence electrons. The number of anilines is 1. The molecule has 0 bridgehead atoms. The van der Waals surface area contributed by atoms with E-state index in [1.54, 1.807) is 0 Å². The van der Waals surface area contributed by atoms with Gasteiger partial charge in [0.2, 0.25) is 0 Å². The van der Waals surface area contributed by atoms with Gasteiger partial charge >= 0.3 is 0 Å². The number of fused-ring (bicyclic) bond motifs is 3. The maximum atomic E-state index is 5.87. The predicted molar refractivity (Wildman–Crippen MR) is 57.3 cm³/mol. The first-order valence-electron chi connectivity index (χ1n) is 5.15. The zero-order chi connectivity index (χ0) is 9.54. The van der Waals surface area contributed by atoms with E-state index in [1.165, 1.54) is 23.8 Å². The highest BCUT2D eigenvalue weighted by molar-refractivity contribution is 5.91. The number of rotatable bonds is 0. The van der Waals surface area contributed by atoms with Gasteiger partial charge in [0.05, 0.1) is 5.69 Å². The minimum absolute atomic E-state index is 0. The van der Waals surface area contributed by atoms with Gasteiger partial charge in [0, 0.05) is 17.4 Å². The molecular formula is C12H13ClNO-. The summed E-state index contributed by atoms with van der Waals surface area (Å²) in [4.78, 5) is 0. The van der Waals surface area contributed by atoms with Gasteiger partial charge in [-0.05, 0) is 25.3 Å². The molecule has 0 atom stereocenters. The monoisotopic (exact) mass is 222 g/mol. The second-order valence-corrected chi connectivity index (χ2v) is 3.93. The molecule has 2 nitrogen and oxygen atoms in total. The van der Waals surface area contributed by atoms with Crippen molar-refractivity contribution in [1.82, 2.24) is 0 Å². The van der Waals surface area contributed by atoms with E-state index in [1.807, 2.05) is 12.1 Å². The van der Waals surface area contributed by atoms with Crippen molar-refractivity contribution in [3.8, 4) is 0 Å². The molecule has 1 aromatic carbocycles. The van der Waals surface area contributed by atoms with Crippen LogP contribution in [0.25, 0.3) is 11.0 Å². The summed E-state index contributed by atoms with van der Waals surface area (Å²) < 4.78 is 5.80. The lowest BCUT2D eigenvalue weighted by Crippen LogP contribution is -3.00. The van der Waals surface area contributed by atoms with E-state index in [0.717, 1.165) is 29.9 Å². The van der Waals surface area contributed by atoms with Gasteiger partial charge in [-0.2, -0.15) is 0 Å². The number of para-hydroxylation sites is 1. The van der Waals surface area contributed by atoms with Crippen LogP contribution in [0.5, 0.6) is 0 Å². The number of benzene rings is 1. The summed E-state index contributed by atoms with van der Waals surface area (Å²) >= 11 is 0. The first-order valence-corrected chi connectivity index (χ1v) is 5.15. The average Bonchev–Trinajstić information content (AvgIpc) is 2.59. The van der Waals surface area contributed by atoms with Crippen molar-refractivity contribution in [2.75, 3.05) is 5.73 Å². The van der Waals surface area contributed by atoms with Crippen LogP contribution < -0.4 is 18.1 Å². The Labute approximate surface area is 94.9 Å². The molecule has 0 amide bonds. The minimum atomic E-state index is 0. The molecule has 0 saturated heterocycles. The Morgan fingerprint density at radius 3 is 2.80 bits per heavy atom. The third-order valence-electron chi connectivity index (χ3n) is 3.01. The van der Waals surface area contributed by atoms with Crippen LogP contribution in [0, 0.1) is 0 Å². The summed E-state index contributed by atoms with van der Waals surface area (Å²) in [5.41, 5.74) is 8.91. The molecule has 0 unspecified atom stereocenters. The Kier molecular flexibility index (Phi) is 2.61. The lowest BCUT2D eigenvalue weighted by molar-refractivity contribution is -0.00000332. The number of nitrogen functional groups attached to an aromatic ring is 1. The summed E-state index contributed by atoms with van der Waals surface area (Å²) in [5, 5.41) is 1.22. The molecule has 0 aliphatic heterocycles. The van der Waals surface area contributed by atoms with Crippen LogP contribution in [0.15, 0.2) is 22.6 Å². The highest BCUT2D eigenvalue weighted by Gasteiger charge is 2.18. The number of hydrogen-bond donors (Lipinski definition) is 1. The molecule has 3 rings (SSSR count). The molecule has 2 N–H and O–H groups in total. The molecule has 0 radical (unpaired) electrons. The zero-order valence-electron chi connectivity index (χ0n) is 8.42. The third-order valence-corrected chi connectivity index (χ3v) is 3.01. The Morgan fingerprint density at radius 2 is 1.93 bits per heavy atom. The maximum Gasteiger partial charge on any atom is 0.157 e. The van der Waals surface area contributed by atoms with Gasteiger partial charge in [-0.25, -0.2) is 0 Å². The summed E-state index contributed by atoms with van der Waals surface area (Å²) in [6, 6.07) is 6.01. The molecule has 15 heavy (non-hydrogen) atoms. The van der Waals surface area contributed by atoms with Crippen molar-refractivity contribution in [1.29, 1.82) is 0 Å². The third kappa shape index (κ3) is 1.49. The van der Waals surface area contributed by atoms with Crippen LogP contribution in [-0.4, -0.2) is 0 Å². The summed E-state index contributed by atoms with van der Waals surface area (Å²) in [6.07, 6.45) is 4.73. The second kappa shape index (κ2) is 3.78. The summed E-state index contributed by atoms with van der Waals surface area (Å²) in [6.45, 7) is 0. The Bertz CT molecular complexity index is 490. The van der Waals surface area contributed by atoms with Crippen molar-refractivity contribution >= 4 is 16.7 Å². The molecule has 1 aliphatic carbocycles. The quantitative estimate of drug-likeness (QED) is 0.633. The SMILES string of the molecule is Nc1cccc2c3c(oc12)CCCC3.[Cl-]. The average molecular weight is 223 g/mol. The van der Waals surface area contributed by atoms with Crippen molar-refractivity contribution in [2.24, 2.45) is 0 Å². The van der Waals surface area contributed by atoms with Crippen LogP contribution >= 0.6 is 0 Å². The van der Waals surface area contributed by atoms with Gasteiger partial charge in [-0.1, -0.05) is 12.1 Å². The Balaban J connectivity index is 0.000000853. The fourth-order valence-electron chi connectivity index (χ4n) is 2.30. The standard InChI is InChI=1S/C12H13NO.ClH/c13-10-6-3-5-9-8-4-1-2-7-11(8)14-12(9)10;/h3,5-6H,1-2,4,7,13H2;1H/p-1. The zero-order valence-corrected chi connectivity index (χ0v) is 9.18. The van der Waals surface area contributed by atoms with Gasteiger partial charge in [-0.15, -0.1) is 0 Å².